The van der Waals surface area contributed by atoms with Crippen LogP contribution in [-0.4, -0.2) is 37.6 Å². The van der Waals surface area contributed by atoms with Gasteiger partial charge in [0.1, 0.15) is 13.2 Å². The molecule has 0 spiro atoms. The summed E-state index contributed by atoms with van der Waals surface area (Å²) in [5, 5.41) is 3.10. The third-order valence-corrected chi connectivity index (χ3v) is 5.03. The fourth-order valence-electron chi connectivity index (χ4n) is 3.72. The minimum absolute atomic E-state index is 0.00953. The average molecular weight is 330 g/mol. The number of ether oxygens (including phenoxy) is 2. The van der Waals surface area contributed by atoms with Gasteiger partial charge >= 0.3 is 0 Å². The van der Waals surface area contributed by atoms with E-state index in [1.54, 1.807) is 4.90 Å². The normalized spacial score (nSPS) is 23.6. The molecule has 2 aliphatic heterocycles. The molecule has 3 aliphatic rings. The monoisotopic (exact) mass is 330 g/mol. The maximum Gasteiger partial charge on any atom is 0.227 e. The number of carbonyl (C=O) groups excluding carboxylic acids is 2. The van der Waals surface area contributed by atoms with Crippen molar-refractivity contribution in [1.82, 2.24) is 5.32 Å². The van der Waals surface area contributed by atoms with Crippen molar-refractivity contribution in [1.29, 1.82) is 0 Å². The number of hydrogen-bond acceptors (Lipinski definition) is 4. The standard InChI is InChI=1S/C18H22N2O4/c21-17-9-12(18(22)19-13-3-1-2-4-13)11-20(17)14-5-6-15-16(10-14)24-8-7-23-15/h5-6,10,12-13H,1-4,7-9,11H2,(H,19,22)/t12-/m0/s1. The van der Waals surface area contributed by atoms with Gasteiger partial charge in [-0.3, -0.25) is 9.59 Å². The molecule has 1 atom stereocenters. The van der Waals surface area contributed by atoms with Gasteiger partial charge in [0, 0.05) is 30.8 Å². The van der Waals surface area contributed by atoms with Gasteiger partial charge in [0.2, 0.25) is 11.8 Å². The molecule has 1 N–H and O–H groups in total. The van der Waals surface area contributed by atoms with Gasteiger partial charge in [-0.25, -0.2) is 0 Å². The van der Waals surface area contributed by atoms with Crippen LogP contribution >= 0.6 is 0 Å². The van der Waals surface area contributed by atoms with E-state index >= 15 is 0 Å². The predicted molar refractivity (Wildman–Crippen MR) is 88.3 cm³/mol. The van der Waals surface area contributed by atoms with Crippen LogP contribution in [0.2, 0.25) is 0 Å². The minimum Gasteiger partial charge on any atom is -0.486 e. The van der Waals surface area contributed by atoms with Crippen molar-refractivity contribution in [3.63, 3.8) is 0 Å². The first kappa shape index (κ1) is 15.3. The molecule has 6 nitrogen and oxygen atoms in total. The van der Waals surface area contributed by atoms with Crippen molar-refractivity contribution in [2.45, 2.75) is 38.1 Å². The number of nitrogens with zero attached hydrogens (tertiary/aromatic N) is 1. The van der Waals surface area contributed by atoms with Crippen molar-refractivity contribution >= 4 is 17.5 Å². The number of rotatable bonds is 3. The summed E-state index contributed by atoms with van der Waals surface area (Å²) in [5.74, 6) is 1.08. The number of anilines is 1. The van der Waals surface area contributed by atoms with E-state index in [-0.39, 0.29) is 30.2 Å². The van der Waals surface area contributed by atoms with Gasteiger partial charge in [-0.1, -0.05) is 12.8 Å². The number of nitrogens with one attached hydrogen (secondary N) is 1. The predicted octanol–water partition coefficient (Wildman–Crippen LogP) is 1.87. The Morgan fingerprint density at radius 2 is 1.88 bits per heavy atom. The fourth-order valence-corrected chi connectivity index (χ4v) is 3.72. The number of amides is 2. The fraction of sp³-hybridized carbons (Fsp3) is 0.556. The largest absolute Gasteiger partial charge is 0.486 e. The molecule has 1 aliphatic carbocycles. The summed E-state index contributed by atoms with van der Waals surface area (Å²) in [6, 6.07) is 5.78. The molecule has 0 aromatic heterocycles. The van der Waals surface area contributed by atoms with Gasteiger partial charge in [-0.15, -0.1) is 0 Å². The van der Waals surface area contributed by atoms with E-state index in [4.69, 9.17) is 9.47 Å². The molecule has 0 radical (unpaired) electrons. The van der Waals surface area contributed by atoms with Gasteiger partial charge in [-0.05, 0) is 25.0 Å². The van der Waals surface area contributed by atoms with Crippen LogP contribution in [0.4, 0.5) is 5.69 Å². The highest BCUT2D eigenvalue weighted by Gasteiger charge is 2.36. The molecule has 0 unspecified atom stereocenters. The molecule has 0 bridgehead atoms. The van der Waals surface area contributed by atoms with E-state index in [0.717, 1.165) is 18.5 Å². The summed E-state index contributed by atoms with van der Waals surface area (Å²) < 4.78 is 11.1. The van der Waals surface area contributed by atoms with Gasteiger partial charge in [0.05, 0.1) is 5.92 Å². The highest BCUT2D eigenvalue weighted by atomic mass is 16.6. The first-order valence-corrected chi connectivity index (χ1v) is 8.71. The Labute approximate surface area is 141 Å². The van der Waals surface area contributed by atoms with Gasteiger partial charge in [0.15, 0.2) is 11.5 Å². The molecule has 2 fully saturated rings. The minimum atomic E-state index is -0.272. The molecule has 6 heteroatoms. The lowest BCUT2D eigenvalue weighted by molar-refractivity contribution is -0.126. The van der Waals surface area contributed by atoms with Crippen molar-refractivity contribution in [2.75, 3.05) is 24.7 Å². The van der Waals surface area contributed by atoms with Crippen molar-refractivity contribution in [3.8, 4) is 11.5 Å². The molecule has 1 saturated heterocycles. The molecule has 2 amide bonds. The van der Waals surface area contributed by atoms with Crippen molar-refractivity contribution in [3.05, 3.63) is 18.2 Å². The summed E-state index contributed by atoms with van der Waals surface area (Å²) in [5.41, 5.74) is 0.764. The van der Waals surface area contributed by atoms with Crippen LogP contribution in [0, 0.1) is 5.92 Å². The Balaban J connectivity index is 1.44. The van der Waals surface area contributed by atoms with Gasteiger partial charge < -0.3 is 19.7 Å². The Morgan fingerprint density at radius 1 is 1.12 bits per heavy atom. The average Bonchev–Trinajstić information content (AvgIpc) is 3.24. The molecule has 24 heavy (non-hydrogen) atoms. The SMILES string of the molecule is O=C(NC1CCCC1)[C@H]1CC(=O)N(c2ccc3c(c2)OCCO3)C1. The van der Waals surface area contributed by atoms with Crippen molar-refractivity contribution in [2.24, 2.45) is 5.92 Å². The Hall–Kier alpha value is -2.24. The Bertz CT molecular complexity index is 654. The van der Waals surface area contributed by atoms with E-state index < -0.39 is 0 Å². The number of fused-ring (bicyclic) bond motifs is 1. The molecule has 2 heterocycles. The van der Waals surface area contributed by atoms with E-state index in [9.17, 15) is 9.59 Å². The summed E-state index contributed by atoms with van der Waals surface area (Å²) in [7, 11) is 0. The number of hydrogen-bond donors (Lipinski definition) is 1. The summed E-state index contributed by atoms with van der Waals surface area (Å²) in [6.07, 6.45) is 4.74. The second-order valence-corrected chi connectivity index (χ2v) is 6.72. The van der Waals surface area contributed by atoms with Crippen LogP contribution in [0.1, 0.15) is 32.1 Å². The smallest absolute Gasteiger partial charge is 0.227 e. The van der Waals surface area contributed by atoms with Crippen LogP contribution in [0.25, 0.3) is 0 Å². The van der Waals surface area contributed by atoms with Crippen LogP contribution in [0.5, 0.6) is 11.5 Å². The lowest BCUT2D eigenvalue weighted by Gasteiger charge is -2.22. The third-order valence-electron chi connectivity index (χ3n) is 5.03. The second kappa shape index (κ2) is 6.34. The highest BCUT2D eigenvalue weighted by Crippen LogP contribution is 2.36. The molecule has 1 aromatic carbocycles. The van der Waals surface area contributed by atoms with Crippen molar-refractivity contribution < 1.29 is 19.1 Å². The number of carbonyl (C=O) groups is 2. The molecule has 1 aromatic rings. The molecular weight excluding hydrogens is 308 g/mol. The summed E-state index contributed by atoms with van der Waals surface area (Å²) >= 11 is 0. The molecular formula is C18H22N2O4. The van der Waals surface area contributed by atoms with Gasteiger partial charge in [-0.2, -0.15) is 0 Å². The first-order chi connectivity index (χ1) is 11.7. The van der Waals surface area contributed by atoms with Crippen LogP contribution in [0.3, 0.4) is 0 Å². The third kappa shape index (κ3) is 2.92. The zero-order chi connectivity index (χ0) is 16.5. The first-order valence-electron chi connectivity index (χ1n) is 8.71. The Kier molecular flexibility index (Phi) is 4.04. The maximum absolute atomic E-state index is 12.4. The van der Waals surface area contributed by atoms with Gasteiger partial charge in [0.25, 0.3) is 0 Å². The zero-order valence-electron chi connectivity index (χ0n) is 13.6. The highest BCUT2D eigenvalue weighted by molar-refractivity contribution is 6.00. The second-order valence-electron chi connectivity index (χ2n) is 6.72. The van der Waals surface area contributed by atoms with E-state index in [1.165, 1.54) is 12.8 Å². The zero-order valence-corrected chi connectivity index (χ0v) is 13.6. The van der Waals surface area contributed by atoms with E-state index in [1.807, 2.05) is 18.2 Å². The summed E-state index contributed by atoms with van der Waals surface area (Å²) in [4.78, 5) is 26.5. The topological polar surface area (TPSA) is 67.9 Å². The quantitative estimate of drug-likeness (QED) is 0.919. The van der Waals surface area contributed by atoms with E-state index in [2.05, 4.69) is 5.32 Å². The Morgan fingerprint density at radius 3 is 2.67 bits per heavy atom. The number of benzene rings is 1. The summed E-state index contributed by atoms with van der Waals surface area (Å²) in [6.45, 7) is 1.48. The molecule has 1 saturated carbocycles. The van der Waals surface area contributed by atoms with Crippen LogP contribution in [-0.2, 0) is 9.59 Å². The molecule has 128 valence electrons. The molecule has 4 rings (SSSR count). The maximum atomic E-state index is 12.4. The van der Waals surface area contributed by atoms with Crippen LogP contribution < -0.4 is 19.7 Å². The van der Waals surface area contributed by atoms with E-state index in [0.29, 0.717) is 31.3 Å². The lowest BCUT2D eigenvalue weighted by Crippen LogP contribution is -2.38. The van der Waals surface area contributed by atoms with Crippen LogP contribution in [0.15, 0.2) is 18.2 Å². The lowest BCUT2D eigenvalue weighted by atomic mass is 10.1.